The lowest BCUT2D eigenvalue weighted by molar-refractivity contribution is -0.153. The van der Waals surface area contributed by atoms with Crippen molar-refractivity contribution in [2.45, 2.75) is 19.6 Å². The number of aliphatic hydroxyl groups is 1. The van der Waals surface area contributed by atoms with Crippen LogP contribution in [0.1, 0.15) is 24.2 Å². The third-order valence-electron chi connectivity index (χ3n) is 2.52. The highest BCUT2D eigenvalue weighted by molar-refractivity contribution is 5.76. The molecule has 0 amide bonds. The highest BCUT2D eigenvalue weighted by Crippen LogP contribution is 2.27. The fourth-order valence-corrected chi connectivity index (χ4v) is 1.65. The summed E-state index contributed by atoms with van der Waals surface area (Å²) in [5.74, 6) is -1.48. The monoisotopic (exact) mass is 272 g/mol. The van der Waals surface area contributed by atoms with Gasteiger partial charge in [0, 0.05) is 12.7 Å². The first-order valence-corrected chi connectivity index (χ1v) is 5.75. The van der Waals surface area contributed by atoms with Crippen LogP contribution < -0.4 is 4.74 Å². The van der Waals surface area contributed by atoms with E-state index in [9.17, 15) is 14.3 Å². The number of rotatable bonds is 6. The van der Waals surface area contributed by atoms with Gasteiger partial charge in [0.15, 0.2) is 17.7 Å². The molecule has 1 N–H and O–H groups in total. The molecule has 0 bridgehead atoms. The van der Waals surface area contributed by atoms with E-state index in [1.165, 1.54) is 20.3 Å². The second-order valence-corrected chi connectivity index (χ2v) is 3.77. The molecule has 19 heavy (non-hydrogen) atoms. The van der Waals surface area contributed by atoms with Gasteiger partial charge in [-0.3, -0.25) is 0 Å². The molecular weight excluding hydrogens is 255 g/mol. The number of esters is 1. The van der Waals surface area contributed by atoms with Gasteiger partial charge in [-0.2, -0.15) is 0 Å². The maximum absolute atomic E-state index is 13.7. The van der Waals surface area contributed by atoms with Gasteiger partial charge in [0.2, 0.25) is 0 Å². The van der Waals surface area contributed by atoms with Crippen LogP contribution in [0.25, 0.3) is 0 Å². The zero-order chi connectivity index (χ0) is 14.4. The average Bonchev–Trinajstić information content (AvgIpc) is 2.40. The molecule has 0 spiro atoms. The van der Waals surface area contributed by atoms with E-state index in [0.717, 1.165) is 6.07 Å². The van der Waals surface area contributed by atoms with Crippen LogP contribution >= 0.6 is 0 Å². The molecule has 1 aromatic carbocycles. The number of aliphatic hydroxyl groups excluding tert-OH is 1. The van der Waals surface area contributed by atoms with Crippen molar-refractivity contribution in [2.24, 2.45) is 0 Å². The summed E-state index contributed by atoms with van der Waals surface area (Å²) in [4.78, 5) is 11.5. The molecular formula is C13H17FO5. The minimum atomic E-state index is -1.55. The van der Waals surface area contributed by atoms with Gasteiger partial charge < -0.3 is 19.3 Å². The van der Waals surface area contributed by atoms with Crippen LogP contribution in [0.2, 0.25) is 0 Å². The summed E-state index contributed by atoms with van der Waals surface area (Å²) in [6.07, 6.45) is -1.55. The van der Waals surface area contributed by atoms with Crippen LogP contribution in [-0.4, -0.2) is 31.9 Å². The lowest BCUT2D eigenvalue weighted by Crippen LogP contribution is -2.17. The van der Waals surface area contributed by atoms with Gasteiger partial charge in [-0.15, -0.1) is 0 Å². The van der Waals surface area contributed by atoms with Crippen molar-refractivity contribution in [1.82, 2.24) is 0 Å². The first kappa shape index (κ1) is 15.4. The summed E-state index contributed by atoms with van der Waals surface area (Å²) < 4.78 is 28.2. The van der Waals surface area contributed by atoms with Crippen molar-refractivity contribution in [3.05, 3.63) is 29.1 Å². The van der Waals surface area contributed by atoms with E-state index in [-0.39, 0.29) is 24.5 Å². The highest BCUT2D eigenvalue weighted by Gasteiger charge is 2.23. The molecule has 0 aliphatic carbocycles. The lowest BCUT2D eigenvalue weighted by Gasteiger charge is -2.16. The highest BCUT2D eigenvalue weighted by atomic mass is 19.1. The van der Waals surface area contributed by atoms with Gasteiger partial charge in [0.05, 0.1) is 20.3 Å². The van der Waals surface area contributed by atoms with Crippen LogP contribution in [-0.2, 0) is 20.9 Å². The standard InChI is InChI=1S/C13H17FO5/c1-4-19-13(16)12(15)9-6-10(14)11(18-3)5-8(9)7-17-2/h5-6,12,15H,4,7H2,1-3H3. The van der Waals surface area contributed by atoms with E-state index >= 15 is 0 Å². The van der Waals surface area contributed by atoms with E-state index in [2.05, 4.69) is 0 Å². The Morgan fingerprint density at radius 1 is 1.42 bits per heavy atom. The molecule has 0 radical (unpaired) electrons. The minimum absolute atomic E-state index is 0.0202. The van der Waals surface area contributed by atoms with E-state index in [0.29, 0.717) is 5.56 Å². The smallest absolute Gasteiger partial charge is 0.339 e. The molecule has 0 saturated heterocycles. The topological polar surface area (TPSA) is 65.0 Å². The van der Waals surface area contributed by atoms with Gasteiger partial charge in [-0.05, 0) is 24.6 Å². The fourth-order valence-electron chi connectivity index (χ4n) is 1.65. The van der Waals surface area contributed by atoms with Crippen molar-refractivity contribution >= 4 is 5.97 Å². The van der Waals surface area contributed by atoms with Crippen LogP contribution in [0, 0.1) is 5.82 Å². The average molecular weight is 272 g/mol. The fraction of sp³-hybridized carbons (Fsp3) is 0.462. The molecule has 0 aliphatic heterocycles. The van der Waals surface area contributed by atoms with Gasteiger partial charge in [0.25, 0.3) is 0 Å². The predicted molar refractivity (Wildman–Crippen MR) is 65.3 cm³/mol. The third-order valence-corrected chi connectivity index (χ3v) is 2.52. The summed E-state index contributed by atoms with van der Waals surface area (Å²) in [6.45, 7) is 1.87. The van der Waals surface area contributed by atoms with E-state index in [1.807, 2.05) is 0 Å². The quantitative estimate of drug-likeness (QED) is 0.796. The largest absolute Gasteiger partial charge is 0.494 e. The molecule has 106 valence electrons. The van der Waals surface area contributed by atoms with Crippen molar-refractivity contribution in [2.75, 3.05) is 20.8 Å². The van der Waals surface area contributed by atoms with Gasteiger partial charge >= 0.3 is 5.97 Å². The SMILES string of the molecule is CCOC(=O)C(O)c1cc(F)c(OC)cc1COC. The number of carbonyl (C=O) groups excluding carboxylic acids is 1. The molecule has 0 aliphatic rings. The Labute approximate surface area is 110 Å². The summed E-state index contributed by atoms with van der Waals surface area (Å²) >= 11 is 0. The normalized spacial score (nSPS) is 12.1. The number of carbonyl (C=O) groups is 1. The number of halogens is 1. The molecule has 1 atom stereocenters. The molecule has 0 saturated carbocycles. The van der Waals surface area contributed by atoms with E-state index in [1.54, 1.807) is 6.92 Å². The van der Waals surface area contributed by atoms with Gasteiger partial charge in [0.1, 0.15) is 0 Å². The van der Waals surface area contributed by atoms with Gasteiger partial charge in [-0.25, -0.2) is 9.18 Å². The molecule has 5 nitrogen and oxygen atoms in total. The number of ether oxygens (including phenoxy) is 3. The number of benzene rings is 1. The Morgan fingerprint density at radius 2 is 2.11 bits per heavy atom. The summed E-state index contributed by atoms with van der Waals surface area (Å²) in [5, 5.41) is 9.88. The van der Waals surface area contributed by atoms with Crippen molar-refractivity contribution in [3.63, 3.8) is 0 Å². The minimum Gasteiger partial charge on any atom is -0.494 e. The first-order chi connectivity index (χ1) is 9.04. The van der Waals surface area contributed by atoms with Crippen LogP contribution in [0.3, 0.4) is 0 Å². The first-order valence-electron chi connectivity index (χ1n) is 5.75. The van der Waals surface area contributed by atoms with Crippen LogP contribution in [0.15, 0.2) is 12.1 Å². The third kappa shape index (κ3) is 3.65. The molecule has 1 aromatic rings. The summed E-state index contributed by atoms with van der Waals surface area (Å²) in [6, 6.07) is 2.44. The Morgan fingerprint density at radius 3 is 2.63 bits per heavy atom. The van der Waals surface area contributed by atoms with Gasteiger partial charge in [-0.1, -0.05) is 0 Å². The summed E-state index contributed by atoms with van der Waals surface area (Å²) in [5.41, 5.74) is 0.569. The zero-order valence-electron chi connectivity index (χ0n) is 11.1. The zero-order valence-corrected chi connectivity index (χ0v) is 11.1. The van der Waals surface area contributed by atoms with Crippen LogP contribution in [0.5, 0.6) is 5.75 Å². The maximum atomic E-state index is 13.7. The second kappa shape index (κ2) is 7.06. The number of hydrogen-bond donors (Lipinski definition) is 1. The summed E-state index contributed by atoms with van der Waals surface area (Å²) in [7, 11) is 2.78. The number of methoxy groups -OCH3 is 2. The second-order valence-electron chi connectivity index (χ2n) is 3.77. The van der Waals surface area contributed by atoms with E-state index in [4.69, 9.17) is 14.2 Å². The Kier molecular flexibility index (Phi) is 5.72. The van der Waals surface area contributed by atoms with Crippen LogP contribution in [0.4, 0.5) is 4.39 Å². The maximum Gasteiger partial charge on any atom is 0.339 e. The number of hydrogen-bond acceptors (Lipinski definition) is 5. The van der Waals surface area contributed by atoms with Crippen molar-refractivity contribution in [1.29, 1.82) is 0 Å². The predicted octanol–water partition coefficient (Wildman–Crippen LogP) is 1.58. The molecule has 1 rings (SSSR count). The molecule has 0 heterocycles. The molecule has 0 aromatic heterocycles. The Hall–Kier alpha value is -1.66. The molecule has 1 unspecified atom stereocenters. The molecule has 6 heteroatoms. The van der Waals surface area contributed by atoms with Crippen molar-refractivity contribution in [3.8, 4) is 5.75 Å². The van der Waals surface area contributed by atoms with Crippen molar-refractivity contribution < 1.29 is 28.5 Å². The Balaban J connectivity index is 3.16. The van der Waals surface area contributed by atoms with E-state index < -0.39 is 17.9 Å². The molecule has 0 fully saturated rings. The lowest BCUT2D eigenvalue weighted by atomic mass is 10.0. The Bertz CT molecular complexity index is 447.